The maximum absolute atomic E-state index is 11.4. The molecular formula is C19H21N3O2S2. The van der Waals surface area contributed by atoms with Crippen LogP contribution in [-0.2, 0) is 16.4 Å². The lowest BCUT2D eigenvalue weighted by atomic mass is 10.0. The lowest BCUT2D eigenvalue weighted by molar-refractivity contribution is 0.597. The van der Waals surface area contributed by atoms with E-state index in [1.54, 1.807) is 17.4 Å². The van der Waals surface area contributed by atoms with Crippen LogP contribution < -0.4 is 10.5 Å². The van der Waals surface area contributed by atoms with E-state index in [9.17, 15) is 8.42 Å². The van der Waals surface area contributed by atoms with Gasteiger partial charge < -0.3 is 5.32 Å². The van der Waals surface area contributed by atoms with Gasteiger partial charge >= 0.3 is 0 Å². The zero-order chi connectivity index (χ0) is 18.6. The Labute approximate surface area is 158 Å². The van der Waals surface area contributed by atoms with E-state index in [-0.39, 0.29) is 10.9 Å². The van der Waals surface area contributed by atoms with Gasteiger partial charge in [-0.2, -0.15) is 0 Å². The summed E-state index contributed by atoms with van der Waals surface area (Å²) in [4.78, 5) is 5.36. The molecule has 0 radical (unpaired) electrons. The third-order valence-electron chi connectivity index (χ3n) is 4.04. The summed E-state index contributed by atoms with van der Waals surface area (Å²) in [5.41, 5.74) is 2.45. The van der Waals surface area contributed by atoms with Crippen LogP contribution in [0, 0.1) is 0 Å². The van der Waals surface area contributed by atoms with Gasteiger partial charge in [0.15, 0.2) is 0 Å². The summed E-state index contributed by atoms with van der Waals surface area (Å²) in [6.07, 6.45) is 3.45. The van der Waals surface area contributed by atoms with Crippen LogP contribution in [-0.4, -0.2) is 13.4 Å². The SMILES string of the molecule is CCCc1ccc([C@@H](Nc2ccc(S(N)(=O)=O)cn2)c2cccs2)cc1. The number of hydrogen-bond donors (Lipinski definition) is 2. The van der Waals surface area contributed by atoms with Crippen molar-refractivity contribution in [2.24, 2.45) is 5.14 Å². The molecule has 0 aliphatic heterocycles. The minimum absolute atomic E-state index is 0.000331. The van der Waals surface area contributed by atoms with E-state index < -0.39 is 10.0 Å². The average Bonchev–Trinajstić information content (AvgIpc) is 3.15. The van der Waals surface area contributed by atoms with Crippen molar-refractivity contribution in [2.75, 3.05) is 5.32 Å². The topological polar surface area (TPSA) is 85.1 Å². The highest BCUT2D eigenvalue weighted by molar-refractivity contribution is 7.89. The lowest BCUT2D eigenvalue weighted by Crippen LogP contribution is -2.14. The van der Waals surface area contributed by atoms with Crippen LogP contribution in [0.1, 0.15) is 35.4 Å². The van der Waals surface area contributed by atoms with Crippen LogP contribution in [0.25, 0.3) is 0 Å². The molecule has 0 unspecified atom stereocenters. The first kappa shape index (κ1) is 18.6. The van der Waals surface area contributed by atoms with Crippen LogP contribution >= 0.6 is 11.3 Å². The Bertz CT molecular complexity index is 935. The zero-order valence-electron chi connectivity index (χ0n) is 14.4. The van der Waals surface area contributed by atoms with E-state index in [1.165, 1.54) is 17.8 Å². The molecule has 2 aromatic heterocycles. The van der Waals surface area contributed by atoms with Gasteiger partial charge in [0.2, 0.25) is 10.0 Å². The van der Waals surface area contributed by atoms with Crippen molar-refractivity contribution in [3.8, 4) is 0 Å². The molecule has 1 aromatic carbocycles. The summed E-state index contributed by atoms with van der Waals surface area (Å²) >= 11 is 1.66. The second-order valence-corrected chi connectivity index (χ2v) is 8.55. The highest BCUT2D eigenvalue weighted by Gasteiger charge is 2.16. The number of thiophene rings is 1. The van der Waals surface area contributed by atoms with Gasteiger partial charge in [0, 0.05) is 11.1 Å². The van der Waals surface area contributed by atoms with E-state index >= 15 is 0 Å². The average molecular weight is 388 g/mol. The Morgan fingerprint density at radius 1 is 1.15 bits per heavy atom. The highest BCUT2D eigenvalue weighted by atomic mass is 32.2. The van der Waals surface area contributed by atoms with Gasteiger partial charge in [-0.25, -0.2) is 18.5 Å². The summed E-state index contributed by atoms with van der Waals surface area (Å²) in [7, 11) is -3.74. The molecule has 0 aliphatic carbocycles. The van der Waals surface area contributed by atoms with Gasteiger partial charge in [-0.3, -0.25) is 0 Å². The summed E-state index contributed by atoms with van der Waals surface area (Å²) in [6, 6.07) is 15.7. The number of benzene rings is 1. The van der Waals surface area contributed by atoms with Gasteiger partial charge in [0.25, 0.3) is 0 Å². The quantitative estimate of drug-likeness (QED) is 0.643. The number of rotatable bonds is 7. The first-order valence-electron chi connectivity index (χ1n) is 8.35. The predicted molar refractivity (Wildman–Crippen MR) is 106 cm³/mol. The maximum Gasteiger partial charge on any atom is 0.239 e. The Morgan fingerprint density at radius 3 is 2.46 bits per heavy atom. The monoisotopic (exact) mass is 387 g/mol. The third-order valence-corrected chi connectivity index (χ3v) is 5.87. The molecule has 0 saturated carbocycles. The second-order valence-electron chi connectivity index (χ2n) is 6.01. The number of aromatic nitrogens is 1. The van der Waals surface area contributed by atoms with E-state index in [4.69, 9.17) is 5.14 Å². The fourth-order valence-corrected chi connectivity index (χ4v) is 3.98. The number of pyridine rings is 1. The molecule has 2 heterocycles. The summed E-state index contributed by atoms with van der Waals surface area (Å²) in [5, 5.41) is 10.6. The first-order chi connectivity index (χ1) is 12.5. The fourth-order valence-electron chi connectivity index (χ4n) is 2.72. The molecule has 1 atom stereocenters. The minimum Gasteiger partial charge on any atom is -0.358 e. The molecule has 0 fully saturated rings. The lowest BCUT2D eigenvalue weighted by Gasteiger charge is -2.19. The molecule has 136 valence electrons. The van der Waals surface area contributed by atoms with Crippen LogP contribution in [0.2, 0.25) is 0 Å². The summed E-state index contributed by atoms with van der Waals surface area (Å²) < 4.78 is 22.8. The zero-order valence-corrected chi connectivity index (χ0v) is 16.1. The molecular weight excluding hydrogens is 366 g/mol. The number of nitrogens with one attached hydrogen (secondary N) is 1. The standard InChI is InChI=1S/C19H21N3O2S2/c1-2-4-14-6-8-15(9-7-14)19(17-5-3-12-25-17)22-18-11-10-16(13-21-18)26(20,23)24/h3,5-13,19H,2,4H2,1H3,(H,21,22)(H2,20,23,24)/t19-/m1/s1. The summed E-state index contributed by atoms with van der Waals surface area (Å²) in [6.45, 7) is 2.17. The van der Waals surface area contributed by atoms with E-state index in [2.05, 4.69) is 47.6 Å². The van der Waals surface area contributed by atoms with Crippen molar-refractivity contribution in [1.29, 1.82) is 0 Å². The number of hydrogen-bond acceptors (Lipinski definition) is 5. The molecule has 3 aromatic rings. The number of anilines is 1. The Morgan fingerprint density at radius 2 is 1.92 bits per heavy atom. The van der Waals surface area contributed by atoms with Gasteiger partial charge in [0.1, 0.15) is 10.7 Å². The molecule has 5 nitrogen and oxygen atoms in total. The van der Waals surface area contributed by atoms with E-state index in [0.717, 1.165) is 23.3 Å². The van der Waals surface area contributed by atoms with Gasteiger partial charge in [0.05, 0.1) is 6.04 Å². The van der Waals surface area contributed by atoms with Crippen molar-refractivity contribution >= 4 is 27.2 Å². The van der Waals surface area contributed by atoms with Crippen LogP contribution in [0.3, 0.4) is 0 Å². The number of nitrogens with zero attached hydrogens (tertiary/aromatic N) is 1. The molecule has 0 amide bonds. The molecule has 0 saturated heterocycles. The molecule has 7 heteroatoms. The first-order valence-corrected chi connectivity index (χ1v) is 10.8. The van der Waals surface area contributed by atoms with Crippen molar-refractivity contribution in [3.63, 3.8) is 0 Å². The van der Waals surface area contributed by atoms with E-state index in [1.807, 2.05) is 11.4 Å². The largest absolute Gasteiger partial charge is 0.358 e. The number of sulfonamides is 1. The molecule has 0 bridgehead atoms. The smallest absolute Gasteiger partial charge is 0.239 e. The Kier molecular flexibility index (Phi) is 5.70. The summed E-state index contributed by atoms with van der Waals surface area (Å²) in [5.74, 6) is 0.591. The van der Waals surface area contributed by atoms with Crippen molar-refractivity contribution in [1.82, 2.24) is 4.98 Å². The number of nitrogens with two attached hydrogens (primary N) is 1. The fraction of sp³-hybridized carbons (Fsp3) is 0.211. The van der Waals surface area contributed by atoms with Crippen molar-refractivity contribution in [3.05, 3.63) is 76.1 Å². The van der Waals surface area contributed by atoms with Crippen molar-refractivity contribution < 1.29 is 8.42 Å². The molecule has 26 heavy (non-hydrogen) atoms. The van der Waals surface area contributed by atoms with Gasteiger partial charge in [-0.1, -0.05) is 43.7 Å². The molecule has 3 N–H and O–H groups in total. The van der Waals surface area contributed by atoms with Crippen LogP contribution in [0.5, 0.6) is 0 Å². The number of aryl methyl sites for hydroxylation is 1. The third kappa shape index (κ3) is 4.49. The van der Waals surface area contributed by atoms with Crippen LogP contribution in [0.15, 0.2) is 65.0 Å². The predicted octanol–water partition coefficient (Wildman–Crippen LogP) is 3.94. The molecule has 0 spiro atoms. The Hall–Kier alpha value is -2.22. The molecule has 0 aliphatic rings. The normalized spacial score (nSPS) is 12.7. The minimum atomic E-state index is -3.74. The molecule has 3 rings (SSSR count). The van der Waals surface area contributed by atoms with Crippen LogP contribution in [0.4, 0.5) is 5.82 Å². The van der Waals surface area contributed by atoms with Gasteiger partial charge in [-0.05, 0) is 41.1 Å². The highest BCUT2D eigenvalue weighted by Crippen LogP contribution is 2.29. The Balaban J connectivity index is 1.88. The second kappa shape index (κ2) is 7.99. The maximum atomic E-state index is 11.4. The number of primary sulfonamides is 1. The van der Waals surface area contributed by atoms with E-state index in [0.29, 0.717) is 5.82 Å². The van der Waals surface area contributed by atoms with Crippen molar-refractivity contribution in [2.45, 2.75) is 30.7 Å². The van der Waals surface area contributed by atoms with Gasteiger partial charge in [-0.15, -0.1) is 11.3 Å².